The fourth-order valence-electron chi connectivity index (χ4n) is 5.39. The normalized spacial score (nSPS) is 16.3. The number of hydrogen-bond acceptors (Lipinski definition) is 6. The molecule has 7 heteroatoms. The van der Waals surface area contributed by atoms with Gasteiger partial charge in [0, 0.05) is 11.1 Å². The van der Waals surface area contributed by atoms with Gasteiger partial charge >= 0.3 is 0 Å². The molecule has 192 valence electrons. The smallest absolute Gasteiger partial charge is 0.271 e. The molecular formula is C31H28N2O4S. The molecule has 1 aliphatic carbocycles. The third kappa shape index (κ3) is 4.03. The van der Waals surface area contributed by atoms with E-state index in [0.717, 1.165) is 46.6 Å². The van der Waals surface area contributed by atoms with Gasteiger partial charge in [-0.1, -0.05) is 59.9 Å². The van der Waals surface area contributed by atoms with Crippen molar-refractivity contribution in [3.05, 3.63) is 114 Å². The number of allylic oxidation sites excluding steroid dienone is 1. The summed E-state index contributed by atoms with van der Waals surface area (Å²) in [5, 5.41) is 0. The maximum atomic E-state index is 14.0. The van der Waals surface area contributed by atoms with Crippen molar-refractivity contribution in [1.82, 2.24) is 4.57 Å². The molecule has 1 aliphatic heterocycles. The van der Waals surface area contributed by atoms with E-state index in [0.29, 0.717) is 27.4 Å². The zero-order valence-corrected chi connectivity index (χ0v) is 22.4. The van der Waals surface area contributed by atoms with Crippen molar-refractivity contribution >= 4 is 23.1 Å². The topological polar surface area (TPSA) is 62.0 Å². The van der Waals surface area contributed by atoms with Crippen LogP contribution in [0.25, 0.3) is 11.8 Å². The number of ether oxygens (including phenoxy) is 3. The van der Waals surface area contributed by atoms with Gasteiger partial charge in [0.15, 0.2) is 16.3 Å². The minimum absolute atomic E-state index is 0.0667. The fourth-order valence-corrected chi connectivity index (χ4v) is 6.39. The average Bonchev–Trinajstić information content (AvgIpc) is 3.26. The SMILES string of the molecule is CCOc1ccc(/C=c2\sc3n(c2=O)[C@H](c2ccccc2OC)C2=C(N=3)c3ccccc3CC2)cc1OC. The largest absolute Gasteiger partial charge is 0.496 e. The van der Waals surface area contributed by atoms with Gasteiger partial charge in [-0.25, -0.2) is 4.99 Å². The molecule has 0 radical (unpaired) electrons. The first-order valence-corrected chi connectivity index (χ1v) is 13.5. The molecule has 0 saturated carbocycles. The van der Waals surface area contributed by atoms with Gasteiger partial charge in [-0.3, -0.25) is 9.36 Å². The van der Waals surface area contributed by atoms with Crippen LogP contribution in [-0.2, 0) is 6.42 Å². The van der Waals surface area contributed by atoms with E-state index in [2.05, 4.69) is 30.3 Å². The minimum Gasteiger partial charge on any atom is -0.496 e. The van der Waals surface area contributed by atoms with E-state index < -0.39 is 0 Å². The molecule has 0 unspecified atom stereocenters. The lowest BCUT2D eigenvalue weighted by Gasteiger charge is -2.31. The molecule has 0 spiro atoms. The molecule has 0 fully saturated rings. The van der Waals surface area contributed by atoms with E-state index in [4.69, 9.17) is 19.2 Å². The molecule has 4 aromatic rings. The second kappa shape index (κ2) is 9.99. The highest BCUT2D eigenvalue weighted by Gasteiger charge is 2.33. The van der Waals surface area contributed by atoms with Crippen molar-refractivity contribution in [2.75, 3.05) is 20.8 Å². The molecule has 38 heavy (non-hydrogen) atoms. The molecule has 0 bridgehead atoms. The third-order valence-electron chi connectivity index (χ3n) is 7.09. The zero-order chi connectivity index (χ0) is 26.2. The van der Waals surface area contributed by atoms with Gasteiger partial charge in [0.25, 0.3) is 5.56 Å². The molecule has 2 aliphatic rings. The molecule has 0 N–H and O–H groups in total. The number of hydrogen-bond donors (Lipinski definition) is 0. The standard InChI is InChI=1S/C31H28N2O4S/c1-4-37-25-16-13-19(17-26(25)36-3)18-27-30(34)33-29(22-11-7-8-12-24(22)35-2)23-15-14-20-9-5-6-10-21(20)28(23)32-31(33)38-27/h5-13,16-18,29H,4,14-15H2,1-3H3/b27-18-/t29-/m1/s1. The Morgan fingerprint density at radius 3 is 2.58 bits per heavy atom. The highest BCUT2D eigenvalue weighted by molar-refractivity contribution is 7.07. The van der Waals surface area contributed by atoms with Gasteiger partial charge < -0.3 is 14.2 Å². The van der Waals surface area contributed by atoms with Gasteiger partial charge in [-0.2, -0.15) is 0 Å². The Hall–Kier alpha value is -4.10. The lowest BCUT2D eigenvalue weighted by Crippen LogP contribution is -2.39. The van der Waals surface area contributed by atoms with Crippen LogP contribution in [0.4, 0.5) is 0 Å². The molecular weight excluding hydrogens is 496 g/mol. The van der Waals surface area contributed by atoms with Crippen LogP contribution in [0.5, 0.6) is 17.2 Å². The van der Waals surface area contributed by atoms with Crippen LogP contribution in [0, 0.1) is 0 Å². The second-order valence-corrected chi connectivity index (χ2v) is 10.2. The Morgan fingerprint density at radius 2 is 1.76 bits per heavy atom. The molecule has 2 heterocycles. The summed E-state index contributed by atoms with van der Waals surface area (Å²) in [5.41, 5.74) is 6.30. The fraction of sp³-hybridized carbons (Fsp3) is 0.226. The van der Waals surface area contributed by atoms with Gasteiger partial charge in [0.1, 0.15) is 5.75 Å². The van der Waals surface area contributed by atoms with Gasteiger partial charge in [-0.15, -0.1) is 0 Å². The number of benzene rings is 3. The summed E-state index contributed by atoms with van der Waals surface area (Å²) in [6, 6.07) is 21.8. The molecule has 0 saturated heterocycles. The van der Waals surface area contributed by atoms with Crippen LogP contribution < -0.4 is 29.1 Å². The van der Waals surface area contributed by atoms with Crippen LogP contribution in [-0.4, -0.2) is 25.4 Å². The van der Waals surface area contributed by atoms with Crippen LogP contribution in [0.1, 0.15) is 41.6 Å². The van der Waals surface area contributed by atoms with E-state index in [1.54, 1.807) is 14.2 Å². The van der Waals surface area contributed by atoms with E-state index in [-0.39, 0.29) is 11.6 Å². The van der Waals surface area contributed by atoms with Crippen molar-refractivity contribution < 1.29 is 14.2 Å². The summed E-state index contributed by atoms with van der Waals surface area (Å²) in [6.45, 7) is 2.48. The van der Waals surface area contributed by atoms with E-state index in [9.17, 15) is 4.79 Å². The maximum Gasteiger partial charge on any atom is 0.271 e. The monoisotopic (exact) mass is 524 g/mol. The number of rotatable bonds is 6. The summed E-state index contributed by atoms with van der Waals surface area (Å²) in [7, 11) is 3.29. The average molecular weight is 525 g/mol. The van der Waals surface area contributed by atoms with Crippen LogP contribution >= 0.6 is 11.3 Å². The van der Waals surface area contributed by atoms with Crippen molar-refractivity contribution in [3.63, 3.8) is 0 Å². The van der Waals surface area contributed by atoms with Gasteiger partial charge in [-0.05, 0) is 60.7 Å². The molecule has 6 rings (SSSR count). The Morgan fingerprint density at radius 1 is 0.974 bits per heavy atom. The first-order chi connectivity index (χ1) is 18.6. The highest BCUT2D eigenvalue weighted by atomic mass is 32.1. The number of thiazole rings is 1. The number of aryl methyl sites for hydroxylation is 1. The first-order valence-electron chi connectivity index (χ1n) is 12.7. The summed E-state index contributed by atoms with van der Waals surface area (Å²) in [4.78, 5) is 19.8. The number of methoxy groups -OCH3 is 2. The van der Waals surface area contributed by atoms with Crippen LogP contribution in [0.15, 0.2) is 82.1 Å². The number of aromatic nitrogens is 1. The van der Waals surface area contributed by atoms with Crippen molar-refractivity contribution in [1.29, 1.82) is 0 Å². The van der Waals surface area contributed by atoms with Crippen LogP contribution in [0.3, 0.4) is 0 Å². The third-order valence-corrected chi connectivity index (χ3v) is 8.07. The predicted octanol–water partition coefficient (Wildman–Crippen LogP) is 4.73. The first kappa shape index (κ1) is 24.2. The predicted molar refractivity (Wildman–Crippen MR) is 150 cm³/mol. The molecule has 6 nitrogen and oxygen atoms in total. The summed E-state index contributed by atoms with van der Waals surface area (Å²) in [5.74, 6) is 2.07. The van der Waals surface area contributed by atoms with Gasteiger partial charge in [0.2, 0.25) is 0 Å². The number of fused-ring (bicyclic) bond motifs is 3. The van der Waals surface area contributed by atoms with Gasteiger partial charge in [0.05, 0.1) is 37.1 Å². The van der Waals surface area contributed by atoms with Crippen molar-refractivity contribution in [2.45, 2.75) is 25.8 Å². The minimum atomic E-state index is -0.289. The van der Waals surface area contributed by atoms with Crippen molar-refractivity contribution in [3.8, 4) is 17.2 Å². The Bertz CT molecular complexity index is 1750. The highest BCUT2D eigenvalue weighted by Crippen LogP contribution is 2.43. The summed E-state index contributed by atoms with van der Waals surface area (Å²) < 4.78 is 19.4. The van der Waals surface area contributed by atoms with Crippen molar-refractivity contribution in [2.24, 2.45) is 4.99 Å². The number of nitrogens with zero attached hydrogens (tertiary/aromatic N) is 2. The molecule has 1 atom stereocenters. The van der Waals surface area contributed by atoms with E-state index in [1.165, 1.54) is 16.9 Å². The second-order valence-electron chi connectivity index (χ2n) is 9.20. The van der Waals surface area contributed by atoms with E-state index >= 15 is 0 Å². The lowest BCUT2D eigenvalue weighted by molar-refractivity contribution is 0.311. The zero-order valence-electron chi connectivity index (χ0n) is 21.6. The quantitative estimate of drug-likeness (QED) is 0.366. The molecule has 0 amide bonds. The molecule has 3 aromatic carbocycles. The Kier molecular flexibility index (Phi) is 6.37. The van der Waals surface area contributed by atoms with Crippen LogP contribution in [0.2, 0.25) is 0 Å². The molecule has 1 aromatic heterocycles. The van der Waals surface area contributed by atoms with E-state index in [1.807, 2.05) is 54.0 Å². The lowest BCUT2D eigenvalue weighted by atomic mass is 9.83. The maximum absolute atomic E-state index is 14.0. The number of para-hydroxylation sites is 1. The summed E-state index contributed by atoms with van der Waals surface area (Å²) >= 11 is 1.41. The Balaban J connectivity index is 1.58. The summed E-state index contributed by atoms with van der Waals surface area (Å²) in [6.07, 6.45) is 3.64. The Labute approximate surface area is 224 Å².